The number of nitrogens with one attached hydrogen (secondary N) is 2. The van der Waals surface area contributed by atoms with E-state index in [4.69, 9.17) is 11.6 Å². The molecule has 0 unspecified atom stereocenters. The Hall–Kier alpha value is -1.48. The van der Waals surface area contributed by atoms with E-state index in [0.29, 0.717) is 0 Å². The van der Waals surface area contributed by atoms with Crippen molar-refractivity contribution in [2.45, 2.75) is 6.92 Å². The van der Waals surface area contributed by atoms with E-state index in [1.54, 1.807) is 6.20 Å². The molecule has 0 fully saturated rings. The average Bonchev–Trinajstić information content (AvgIpc) is 2.64. The fourth-order valence-corrected chi connectivity index (χ4v) is 1.33. The van der Waals surface area contributed by atoms with Gasteiger partial charge in [0.15, 0.2) is 0 Å². The molecule has 2 rings (SSSR count). The van der Waals surface area contributed by atoms with Crippen molar-refractivity contribution in [3.63, 3.8) is 0 Å². The molecule has 1 aromatic heterocycles. The predicted octanol–water partition coefficient (Wildman–Crippen LogP) is 3.12. The van der Waals surface area contributed by atoms with Crippen LogP contribution < -0.4 is 5.32 Å². The lowest BCUT2D eigenvalue weighted by molar-refractivity contribution is 1.09. The van der Waals surface area contributed by atoms with Gasteiger partial charge in [-0.05, 0) is 24.6 Å². The largest absolute Gasteiger partial charge is 0.341 e. The monoisotopic (exact) mass is 207 g/mol. The third kappa shape index (κ3) is 1.88. The molecule has 4 heteroatoms. The number of aromatic nitrogens is 2. The summed E-state index contributed by atoms with van der Waals surface area (Å²) in [4.78, 5) is 0. The first-order chi connectivity index (χ1) is 6.75. The maximum absolute atomic E-state index is 5.99. The summed E-state index contributed by atoms with van der Waals surface area (Å²) in [7, 11) is 0. The van der Waals surface area contributed by atoms with Gasteiger partial charge < -0.3 is 5.32 Å². The van der Waals surface area contributed by atoms with Crippen molar-refractivity contribution in [1.29, 1.82) is 0 Å². The van der Waals surface area contributed by atoms with Gasteiger partial charge in [0, 0.05) is 16.8 Å². The molecule has 72 valence electrons. The van der Waals surface area contributed by atoms with E-state index in [1.807, 2.05) is 31.2 Å². The lowest BCUT2D eigenvalue weighted by atomic mass is 10.2. The van der Waals surface area contributed by atoms with Crippen LogP contribution in [0, 0.1) is 6.92 Å². The third-order valence-corrected chi connectivity index (χ3v) is 2.36. The van der Waals surface area contributed by atoms with Crippen molar-refractivity contribution in [2.24, 2.45) is 0 Å². The minimum Gasteiger partial charge on any atom is -0.341 e. The summed E-state index contributed by atoms with van der Waals surface area (Å²) in [6, 6.07) is 7.69. The minimum atomic E-state index is 0.759. The van der Waals surface area contributed by atoms with Crippen molar-refractivity contribution in [3.05, 3.63) is 41.0 Å². The highest BCUT2D eigenvalue weighted by atomic mass is 35.5. The number of aryl methyl sites for hydroxylation is 1. The van der Waals surface area contributed by atoms with Crippen molar-refractivity contribution < 1.29 is 0 Å². The lowest BCUT2D eigenvalue weighted by Gasteiger charge is -2.04. The van der Waals surface area contributed by atoms with Crippen molar-refractivity contribution >= 4 is 23.1 Å². The highest BCUT2D eigenvalue weighted by Crippen LogP contribution is 2.21. The van der Waals surface area contributed by atoms with Gasteiger partial charge in [0.05, 0.1) is 6.20 Å². The van der Waals surface area contributed by atoms with E-state index < -0.39 is 0 Å². The summed E-state index contributed by atoms with van der Waals surface area (Å²) in [5, 5.41) is 10.6. The van der Waals surface area contributed by atoms with Crippen LogP contribution in [0.3, 0.4) is 0 Å². The van der Waals surface area contributed by atoms with Crippen LogP contribution in [0.5, 0.6) is 0 Å². The van der Waals surface area contributed by atoms with Crippen LogP contribution in [-0.2, 0) is 0 Å². The molecule has 0 amide bonds. The van der Waals surface area contributed by atoms with Gasteiger partial charge in [0.2, 0.25) is 0 Å². The first-order valence-corrected chi connectivity index (χ1v) is 4.66. The van der Waals surface area contributed by atoms with Crippen molar-refractivity contribution in [1.82, 2.24) is 10.2 Å². The maximum Gasteiger partial charge on any atom is 0.125 e. The number of aromatic amines is 1. The summed E-state index contributed by atoms with van der Waals surface area (Å²) in [6.07, 6.45) is 1.69. The van der Waals surface area contributed by atoms with Gasteiger partial charge in [-0.2, -0.15) is 5.10 Å². The molecule has 3 nitrogen and oxygen atoms in total. The van der Waals surface area contributed by atoms with Crippen molar-refractivity contribution in [2.75, 3.05) is 5.32 Å². The number of halogens is 1. The number of hydrogen-bond acceptors (Lipinski definition) is 2. The molecule has 0 spiro atoms. The molecule has 1 aromatic carbocycles. The number of hydrogen-bond donors (Lipinski definition) is 2. The van der Waals surface area contributed by atoms with E-state index in [2.05, 4.69) is 15.5 Å². The Morgan fingerprint density at radius 3 is 2.86 bits per heavy atom. The Kier molecular flexibility index (Phi) is 2.41. The summed E-state index contributed by atoms with van der Waals surface area (Å²) < 4.78 is 0. The SMILES string of the molecule is Cc1ccc(Nc2ccn[nH]2)cc1Cl. The fourth-order valence-electron chi connectivity index (χ4n) is 1.15. The highest BCUT2D eigenvalue weighted by molar-refractivity contribution is 6.31. The number of anilines is 2. The molecular formula is C10H10ClN3. The zero-order chi connectivity index (χ0) is 9.97. The molecule has 14 heavy (non-hydrogen) atoms. The van der Waals surface area contributed by atoms with E-state index in [1.165, 1.54) is 0 Å². The van der Waals surface area contributed by atoms with Crippen LogP contribution >= 0.6 is 11.6 Å². The van der Waals surface area contributed by atoms with Crippen LogP contribution in [0.1, 0.15) is 5.56 Å². The third-order valence-electron chi connectivity index (χ3n) is 1.95. The molecule has 2 aromatic rings. The van der Waals surface area contributed by atoms with Crippen LogP contribution in [0.25, 0.3) is 0 Å². The number of benzene rings is 1. The average molecular weight is 208 g/mol. The van der Waals surface area contributed by atoms with Gasteiger partial charge in [-0.1, -0.05) is 17.7 Å². The Morgan fingerprint density at radius 1 is 1.36 bits per heavy atom. The summed E-state index contributed by atoms with van der Waals surface area (Å²) in [6.45, 7) is 1.97. The molecule has 0 bridgehead atoms. The molecule has 0 atom stereocenters. The second-order valence-electron chi connectivity index (χ2n) is 3.06. The molecule has 0 radical (unpaired) electrons. The highest BCUT2D eigenvalue weighted by Gasteiger charge is 1.98. The Balaban J connectivity index is 2.22. The molecule has 1 heterocycles. The number of nitrogens with zero attached hydrogens (tertiary/aromatic N) is 1. The fraction of sp³-hybridized carbons (Fsp3) is 0.100. The lowest BCUT2D eigenvalue weighted by Crippen LogP contribution is -1.90. The molecule has 0 aliphatic carbocycles. The van der Waals surface area contributed by atoms with Gasteiger partial charge in [-0.3, -0.25) is 5.10 Å². The predicted molar refractivity (Wildman–Crippen MR) is 58.1 cm³/mol. The molecular weight excluding hydrogens is 198 g/mol. The number of H-pyrrole nitrogens is 1. The van der Waals surface area contributed by atoms with Gasteiger partial charge >= 0.3 is 0 Å². The summed E-state index contributed by atoms with van der Waals surface area (Å²) in [5.74, 6) is 0.852. The maximum atomic E-state index is 5.99. The van der Waals surface area contributed by atoms with E-state index in [-0.39, 0.29) is 0 Å². The second-order valence-corrected chi connectivity index (χ2v) is 3.47. The summed E-state index contributed by atoms with van der Waals surface area (Å²) >= 11 is 5.99. The topological polar surface area (TPSA) is 40.7 Å². The van der Waals surface area contributed by atoms with E-state index >= 15 is 0 Å². The van der Waals surface area contributed by atoms with E-state index in [9.17, 15) is 0 Å². The van der Waals surface area contributed by atoms with Gasteiger partial charge in [-0.25, -0.2) is 0 Å². The molecule has 0 saturated heterocycles. The second kappa shape index (κ2) is 3.72. The molecule has 0 aliphatic heterocycles. The van der Waals surface area contributed by atoms with E-state index in [0.717, 1.165) is 22.1 Å². The zero-order valence-corrected chi connectivity index (χ0v) is 8.47. The van der Waals surface area contributed by atoms with Crippen LogP contribution in [0.4, 0.5) is 11.5 Å². The molecule has 2 N–H and O–H groups in total. The first kappa shape index (κ1) is 9.09. The summed E-state index contributed by atoms with van der Waals surface area (Å²) in [5.41, 5.74) is 2.02. The van der Waals surface area contributed by atoms with Gasteiger partial charge in [0.25, 0.3) is 0 Å². The minimum absolute atomic E-state index is 0.759. The van der Waals surface area contributed by atoms with Crippen LogP contribution in [0.2, 0.25) is 5.02 Å². The normalized spacial score (nSPS) is 10.1. The van der Waals surface area contributed by atoms with Crippen molar-refractivity contribution in [3.8, 4) is 0 Å². The standard InChI is InChI=1S/C10H10ClN3/c1-7-2-3-8(6-9(7)11)13-10-4-5-12-14-10/h2-6H,1H3,(H2,12,13,14). The Morgan fingerprint density at radius 2 is 2.21 bits per heavy atom. The smallest absolute Gasteiger partial charge is 0.125 e. The first-order valence-electron chi connectivity index (χ1n) is 4.28. The quantitative estimate of drug-likeness (QED) is 0.795. The zero-order valence-electron chi connectivity index (χ0n) is 7.71. The molecule has 0 saturated carbocycles. The van der Waals surface area contributed by atoms with Gasteiger partial charge in [0.1, 0.15) is 5.82 Å². The van der Waals surface area contributed by atoms with Crippen LogP contribution in [-0.4, -0.2) is 10.2 Å². The molecule has 0 aliphatic rings. The Bertz CT molecular complexity index is 423. The van der Waals surface area contributed by atoms with Crippen LogP contribution in [0.15, 0.2) is 30.5 Å². The van der Waals surface area contributed by atoms with Gasteiger partial charge in [-0.15, -0.1) is 0 Å². The Labute approximate surface area is 87.1 Å². The number of rotatable bonds is 2.